The maximum atomic E-state index is 9.51. The molecule has 0 unspecified atom stereocenters. The van der Waals surface area contributed by atoms with E-state index in [1.165, 1.54) is 0 Å². The van der Waals surface area contributed by atoms with Crippen molar-refractivity contribution < 1.29 is 9.84 Å². The first-order valence-electron chi connectivity index (χ1n) is 6.44. The molecule has 1 heterocycles. The Kier molecular flexibility index (Phi) is 3.43. The Morgan fingerprint density at radius 2 is 2.18 bits per heavy atom. The van der Waals surface area contributed by atoms with Gasteiger partial charge in [-0.15, -0.1) is 0 Å². The second-order valence-corrected chi connectivity index (χ2v) is 5.14. The predicted octanol–water partition coefficient (Wildman–Crippen LogP) is 2.57. The van der Waals surface area contributed by atoms with Crippen LogP contribution in [0.5, 0.6) is 5.88 Å². The highest BCUT2D eigenvalue weighted by molar-refractivity contribution is 5.15. The molecule has 1 aromatic heterocycles. The van der Waals surface area contributed by atoms with Gasteiger partial charge in [0.2, 0.25) is 5.88 Å². The summed E-state index contributed by atoms with van der Waals surface area (Å²) in [7, 11) is 1.92. The lowest BCUT2D eigenvalue weighted by Crippen LogP contribution is -2.36. The summed E-state index contributed by atoms with van der Waals surface area (Å²) in [5.41, 5.74) is -0.295. The van der Waals surface area contributed by atoms with Gasteiger partial charge in [-0.25, -0.2) is 0 Å². The van der Waals surface area contributed by atoms with Crippen molar-refractivity contribution in [2.45, 2.75) is 45.1 Å². The molecule has 0 aliphatic heterocycles. The van der Waals surface area contributed by atoms with Gasteiger partial charge in [0.05, 0.1) is 6.20 Å². The molecular weight excluding hydrogens is 216 g/mol. The largest absolute Gasteiger partial charge is 0.492 e. The van der Waals surface area contributed by atoms with Crippen molar-refractivity contribution in [3.63, 3.8) is 0 Å². The summed E-state index contributed by atoms with van der Waals surface area (Å²) in [4.78, 5) is 4.24. The van der Waals surface area contributed by atoms with Gasteiger partial charge in [0.25, 0.3) is 0 Å². The maximum absolute atomic E-state index is 9.51. The van der Waals surface area contributed by atoms with Crippen molar-refractivity contribution in [2.24, 2.45) is 13.0 Å². The zero-order chi connectivity index (χ0) is 12.5. The number of aromatic nitrogens is 2. The summed E-state index contributed by atoms with van der Waals surface area (Å²) in [6.45, 7) is 4.98. The number of hydrogen-bond acceptors (Lipinski definition) is 3. The summed E-state index contributed by atoms with van der Waals surface area (Å²) in [5, 5.41) is 9.51. The van der Waals surface area contributed by atoms with Crippen molar-refractivity contribution in [1.29, 1.82) is 0 Å². The van der Waals surface area contributed by atoms with Crippen LogP contribution in [0.3, 0.4) is 0 Å². The molecule has 1 aromatic rings. The summed E-state index contributed by atoms with van der Waals surface area (Å²) < 4.78 is 7.89. The first-order valence-corrected chi connectivity index (χ1v) is 6.44. The van der Waals surface area contributed by atoms with Crippen LogP contribution in [0.25, 0.3) is 0 Å². The Labute approximate surface area is 103 Å². The van der Waals surface area contributed by atoms with Crippen LogP contribution >= 0.6 is 0 Å². The van der Waals surface area contributed by atoms with E-state index in [1.54, 1.807) is 6.20 Å². The van der Waals surface area contributed by atoms with Crippen molar-refractivity contribution in [3.8, 4) is 5.88 Å². The Balaban J connectivity index is 2.31. The van der Waals surface area contributed by atoms with Crippen LogP contribution in [0.4, 0.5) is 0 Å². The average Bonchev–Trinajstić information content (AvgIpc) is 2.62. The molecule has 17 heavy (non-hydrogen) atoms. The molecule has 1 aliphatic rings. The van der Waals surface area contributed by atoms with Crippen LogP contribution < -0.4 is 0 Å². The van der Waals surface area contributed by atoms with Gasteiger partial charge in [-0.05, 0) is 38.5 Å². The van der Waals surface area contributed by atoms with Gasteiger partial charge in [-0.1, -0.05) is 6.92 Å². The van der Waals surface area contributed by atoms with E-state index in [1.807, 2.05) is 18.5 Å². The van der Waals surface area contributed by atoms with Gasteiger partial charge in [-0.2, -0.15) is 4.98 Å². The van der Waals surface area contributed by atoms with Gasteiger partial charge >= 0.3 is 0 Å². The highest BCUT2D eigenvalue weighted by Gasteiger charge is 2.40. The molecule has 1 saturated carbocycles. The molecule has 4 nitrogen and oxygen atoms in total. The maximum Gasteiger partial charge on any atom is 0.229 e. The predicted molar refractivity (Wildman–Crippen MR) is 65.8 cm³/mol. The quantitative estimate of drug-likeness (QED) is 0.880. The van der Waals surface area contributed by atoms with Crippen LogP contribution in [0.15, 0.2) is 6.20 Å². The number of aryl methyl sites for hydroxylation is 1. The number of nitrogens with zero attached hydrogens (tertiary/aromatic N) is 2. The number of rotatable bonds is 3. The number of imidazole rings is 1. The molecule has 0 aromatic carbocycles. The highest BCUT2D eigenvalue weighted by Crippen LogP contribution is 2.42. The van der Waals surface area contributed by atoms with E-state index < -0.39 is 0 Å². The minimum atomic E-state index is -0.295. The Bertz CT molecular complexity index is 379. The van der Waals surface area contributed by atoms with Crippen LogP contribution in [-0.2, 0) is 17.4 Å². The van der Waals surface area contributed by atoms with E-state index in [0.717, 1.165) is 37.4 Å². The third-order valence-electron chi connectivity index (χ3n) is 3.77. The first kappa shape index (κ1) is 12.4. The molecule has 0 radical (unpaired) electrons. The van der Waals surface area contributed by atoms with Gasteiger partial charge in [-0.3, -0.25) is 0 Å². The monoisotopic (exact) mass is 238 g/mol. The molecule has 1 fully saturated rings. The number of ether oxygens (including phenoxy) is 1. The molecule has 0 saturated heterocycles. The van der Waals surface area contributed by atoms with Gasteiger partial charge in [0, 0.05) is 13.7 Å². The van der Waals surface area contributed by atoms with E-state index >= 15 is 0 Å². The van der Waals surface area contributed by atoms with Crippen LogP contribution in [0.1, 0.15) is 45.4 Å². The average molecular weight is 238 g/mol. The fourth-order valence-corrected chi connectivity index (χ4v) is 2.81. The zero-order valence-electron chi connectivity index (χ0n) is 10.9. The van der Waals surface area contributed by atoms with E-state index in [-0.39, 0.29) is 11.5 Å². The Morgan fingerprint density at radius 3 is 2.65 bits per heavy atom. The van der Waals surface area contributed by atoms with Gasteiger partial charge in [0.1, 0.15) is 11.4 Å². The number of aromatic hydroxyl groups is 1. The van der Waals surface area contributed by atoms with Crippen LogP contribution in [0, 0.1) is 5.92 Å². The molecule has 0 atom stereocenters. The van der Waals surface area contributed by atoms with Crippen LogP contribution in [-0.4, -0.2) is 21.3 Å². The lowest BCUT2D eigenvalue weighted by Gasteiger charge is -2.38. The van der Waals surface area contributed by atoms with E-state index in [9.17, 15) is 5.11 Å². The highest BCUT2D eigenvalue weighted by atomic mass is 16.5. The molecular formula is C13H22N2O2. The normalized spacial score (nSPS) is 29.5. The lowest BCUT2D eigenvalue weighted by molar-refractivity contribution is -0.0854. The minimum absolute atomic E-state index is 0.0835. The molecule has 4 heteroatoms. The standard InChI is InChI=1S/C13H22N2O2/c1-4-17-13(7-5-10(2)6-8-13)12-14-11(16)9-15(12)3/h9-10,16H,4-8H2,1-3H3. The first-order chi connectivity index (χ1) is 8.07. The lowest BCUT2D eigenvalue weighted by atomic mass is 9.79. The molecule has 1 aliphatic carbocycles. The minimum Gasteiger partial charge on any atom is -0.492 e. The second kappa shape index (κ2) is 4.69. The van der Waals surface area contributed by atoms with Gasteiger partial charge < -0.3 is 14.4 Å². The summed E-state index contributed by atoms with van der Waals surface area (Å²) >= 11 is 0. The Hall–Kier alpha value is -1.03. The third-order valence-corrected chi connectivity index (χ3v) is 3.77. The molecule has 96 valence electrons. The second-order valence-electron chi connectivity index (χ2n) is 5.14. The molecule has 1 N–H and O–H groups in total. The summed E-state index contributed by atoms with van der Waals surface area (Å²) in [6.07, 6.45) is 5.95. The molecule has 0 amide bonds. The molecule has 0 bridgehead atoms. The van der Waals surface area contributed by atoms with E-state index in [0.29, 0.717) is 6.61 Å². The van der Waals surface area contributed by atoms with Gasteiger partial charge in [0.15, 0.2) is 0 Å². The van der Waals surface area contributed by atoms with Crippen LogP contribution in [0.2, 0.25) is 0 Å². The summed E-state index contributed by atoms with van der Waals surface area (Å²) in [6, 6.07) is 0. The van der Waals surface area contributed by atoms with Crippen molar-refractivity contribution in [1.82, 2.24) is 9.55 Å². The fraction of sp³-hybridized carbons (Fsp3) is 0.769. The molecule has 0 spiro atoms. The fourth-order valence-electron chi connectivity index (χ4n) is 2.81. The van der Waals surface area contributed by atoms with Crippen molar-refractivity contribution in [3.05, 3.63) is 12.0 Å². The third kappa shape index (κ3) is 2.32. The summed E-state index contributed by atoms with van der Waals surface area (Å²) in [5.74, 6) is 1.71. The van der Waals surface area contributed by atoms with Crippen molar-refractivity contribution >= 4 is 0 Å². The SMILES string of the molecule is CCOC1(c2nc(O)cn2C)CCC(C)CC1. The molecule has 2 rings (SSSR count). The van der Waals surface area contributed by atoms with E-state index in [2.05, 4.69) is 11.9 Å². The zero-order valence-corrected chi connectivity index (χ0v) is 10.9. The smallest absolute Gasteiger partial charge is 0.229 e. The van der Waals surface area contributed by atoms with E-state index in [4.69, 9.17) is 4.74 Å². The Morgan fingerprint density at radius 1 is 1.53 bits per heavy atom. The topological polar surface area (TPSA) is 47.3 Å². The van der Waals surface area contributed by atoms with Crippen molar-refractivity contribution in [2.75, 3.05) is 6.61 Å². The number of hydrogen-bond donors (Lipinski definition) is 1.